The maximum atomic E-state index is 12.4. The van der Waals surface area contributed by atoms with E-state index in [9.17, 15) is 9.59 Å². The zero-order chi connectivity index (χ0) is 18.0. The van der Waals surface area contributed by atoms with E-state index >= 15 is 0 Å². The number of fused-ring (bicyclic) bond motifs is 1. The van der Waals surface area contributed by atoms with E-state index in [1.165, 1.54) is 6.07 Å². The third kappa shape index (κ3) is 3.84. The van der Waals surface area contributed by atoms with E-state index in [0.717, 1.165) is 4.68 Å². The van der Waals surface area contributed by atoms with Crippen LogP contribution < -0.4 is 15.7 Å². The summed E-state index contributed by atoms with van der Waals surface area (Å²) in [5, 5.41) is 1.13. The highest BCUT2D eigenvalue weighted by molar-refractivity contribution is 7.71. The molecule has 2 N–H and O–H groups in total. The van der Waals surface area contributed by atoms with Crippen molar-refractivity contribution in [1.82, 2.24) is 9.66 Å². The van der Waals surface area contributed by atoms with Crippen molar-refractivity contribution >= 4 is 52.2 Å². The molecule has 6 nitrogen and oxygen atoms in total. The predicted octanol–water partition coefficient (Wildman–Crippen LogP) is 3.51. The molecule has 0 unspecified atom stereocenters. The average Bonchev–Trinajstić information content (AvgIpc) is 2.58. The number of rotatable bonds is 4. The van der Waals surface area contributed by atoms with Gasteiger partial charge in [-0.15, -0.1) is 0 Å². The van der Waals surface area contributed by atoms with Crippen molar-refractivity contribution in [3.05, 3.63) is 67.6 Å². The maximum Gasteiger partial charge on any atom is 0.281 e. The minimum atomic E-state index is -0.567. The van der Waals surface area contributed by atoms with E-state index in [0.29, 0.717) is 21.7 Å². The Morgan fingerprint density at radius 3 is 2.76 bits per heavy atom. The summed E-state index contributed by atoms with van der Waals surface area (Å²) in [5.74, 6) is -0.264. The first kappa shape index (κ1) is 17.5. The van der Waals surface area contributed by atoms with Crippen molar-refractivity contribution < 1.29 is 9.53 Å². The maximum absolute atomic E-state index is 12.4. The molecule has 128 valence electrons. The lowest BCUT2D eigenvalue weighted by atomic mass is 10.2. The normalized spacial score (nSPS) is 10.6. The zero-order valence-electron chi connectivity index (χ0n) is 12.6. The molecule has 2 aromatic carbocycles. The first-order valence-corrected chi connectivity index (χ1v) is 8.24. The van der Waals surface area contributed by atoms with E-state index in [1.807, 2.05) is 0 Å². The van der Waals surface area contributed by atoms with Gasteiger partial charge in [-0.3, -0.25) is 15.0 Å². The molecule has 3 aromatic rings. The van der Waals surface area contributed by atoms with Gasteiger partial charge in [0.05, 0.1) is 15.9 Å². The summed E-state index contributed by atoms with van der Waals surface area (Å²) in [6, 6.07) is 11.5. The predicted molar refractivity (Wildman–Crippen MR) is 99.7 cm³/mol. The Morgan fingerprint density at radius 2 is 2.00 bits per heavy atom. The first-order valence-electron chi connectivity index (χ1n) is 7.07. The van der Waals surface area contributed by atoms with Crippen molar-refractivity contribution in [2.75, 3.05) is 12.0 Å². The molecule has 25 heavy (non-hydrogen) atoms. The van der Waals surface area contributed by atoms with Gasteiger partial charge in [-0.05, 0) is 42.5 Å². The Labute approximate surface area is 156 Å². The molecule has 0 atom stereocenters. The number of aromatic nitrogens is 2. The number of aromatic amines is 1. The molecule has 0 fully saturated rings. The average molecular weight is 396 g/mol. The van der Waals surface area contributed by atoms with Gasteiger partial charge in [0.25, 0.3) is 11.5 Å². The van der Waals surface area contributed by atoms with Crippen LogP contribution in [0.25, 0.3) is 10.9 Å². The molecule has 0 radical (unpaired) electrons. The molecule has 0 aliphatic heterocycles. The number of H-pyrrole nitrogens is 1. The van der Waals surface area contributed by atoms with Crippen molar-refractivity contribution in [3.8, 4) is 5.75 Å². The summed E-state index contributed by atoms with van der Waals surface area (Å²) >= 11 is 16.9. The number of benzene rings is 2. The molecule has 0 saturated carbocycles. The van der Waals surface area contributed by atoms with Gasteiger partial charge in [0.1, 0.15) is 5.75 Å². The van der Waals surface area contributed by atoms with E-state index in [4.69, 9.17) is 40.2 Å². The highest BCUT2D eigenvalue weighted by atomic mass is 35.5. The van der Waals surface area contributed by atoms with Crippen LogP contribution in [0.2, 0.25) is 10.0 Å². The molecule has 9 heteroatoms. The number of nitrogens with one attached hydrogen (secondary N) is 2. The van der Waals surface area contributed by atoms with Gasteiger partial charge in [0.2, 0.25) is 0 Å². The second-order valence-electron chi connectivity index (χ2n) is 5.01. The lowest BCUT2D eigenvalue weighted by Gasteiger charge is -2.11. The van der Waals surface area contributed by atoms with Gasteiger partial charge in [-0.1, -0.05) is 35.3 Å². The van der Waals surface area contributed by atoms with Gasteiger partial charge in [-0.2, -0.15) is 4.68 Å². The zero-order valence-corrected chi connectivity index (χ0v) is 14.9. The lowest BCUT2D eigenvalue weighted by molar-refractivity contribution is -0.119. The number of para-hydroxylation sites is 1. The Bertz CT molecular complexity index is 1080. The van der Waals surface area contributed by atoms with Crippen LogP contribution in [0.4, 0.5) is 0 Å². The van der Waals surface area contributed by atoms with Crippen molar-refractivity contribution in [3.63, 3.8) is 0 Å². The van der Waals surface area contributed by atoms with E-state index < -0.39 is 11.5 Å². The number of ether oxygens (including phenoxy) is 1. The Morgan fingerprint density at radius 1 is 1.24 bits per heavy atom. The lowest BCUT2D eigenvalue weighted by Crippen LogP contribution is -2.36. The standard InChI is InChI=1S/C16H11Cl2N3O3S/c17-9-5-6-13(11(18)7-9)24-8-14(22)20-21-15(23)10-3-1-2-4-12(10)19-16(21)25/h1-7H,8H2,(H,19,25)(H,20,22). The van der Waals surface area contributed by atoms with Crippen LogP contribution in [0.5, 0.6) is 5.75 Å². The van der Waals surface area contributed by atoms with E-state index in [2.05, 4.69) is 10.4 Å². The van der Waals surface area contributed by atoms with Crippen molar-refractivity contribution in [2.45, 2.75) is 0 Å². The fraction of sp³-hybridized carbons (Fsp3) is 0.0625. The summed E-state index contributed by atoms with van der Waals surface area (Å²) < 4.78 is 6.37. The van der Waals surface area contributed by atoms with Gasteiger partial charge in [0, 0.05) is 5.02 Å². The number of hydrogen-bond donors (Lipinski definition) is 2. The molecule has 1 heterocycles. The highest BCUT2D eigenvalue weighted by Crippen LogP contribution is 2.27. The first-order chi connectivity index (χ1) is 12.0. The summed E-state index contributed by atoms with van der Waals surface area (Å²) in [6.07, 6.45) is 0. The van der Waals surface area contributed by atoms with Gasteiger partial charge in [-0.25, -0.2) is 0 Å². The molecule has 0 aliphatic carbocycles. The van der Waals surface area contributed by atoms with Crippen molar-refractivity contribution in [2.24, 2.45) is 0 Å². The number of carbonyl (C=O) groups is 1. The van der Waals surface area contributed by atoms with Crippen LogP contribution in [-0.2, 0) is 4.79 Å². The van der Waals surface area contributed by atoms with Crippen LogP contribution in [0, 0.1) is 4.77 Å². The van der Waals surface area contributed by atoms with Crippen molar-refractivity contribution in [1.29, 1.82) is 0 Å². The molecule has 0 spiro atoms. The second kappa shape index (κ2) is 7.26. The second-order valence-corrected chi connectivity index (χ2v) is 6.25. The Kier molecular flexibility index (Phi) is 5.08. The van der Waals surface area contributed by atoms with Gasteiger partial charge >= 0.3 is 0 Å². The minimum absolute atomic E-state index is 0.0709. The third-order valence-electron chi connectivity index (χ3n) is 3.29. The molecular weight excluding hydrogens is 385 g/mol. The number of hydrogen-bond acceptors (Lipinski definition) is 4. The molecule has 3 rings (SSSR count). The molecule has 0 bridgehead atoms. The SMILES string of the molecule is O=C(COc1ccc(Cl)cc1Cl)Nn1c(=S)[nH]c2ccccc2c1=O. The largest absolute Gasteiger partial charge is 0.482 e. The van der Waals surface area contributed by atoms with Crippen LogP contribution in [0.15, 0.2) is 47.3 Å². The van der Waals surface area contributed by atoms with Crippen LogP contribution >= 0.6 is 35.4 Å². The van der Waals surface area contributed by atoms with Crippen LogP contribution in [-0.4, -0.2) is 22.2 Å². The molecular formula is C16H11Cl2N3O3S. The molecule has 1 aromatic heterocycles. The fourth-order valence-electron chi connectivity index (χ4n) is 2.16. The summed E-state index contributed by atoms with van der Waals surface area (Å²) in [5.41, 5.74) is 2.56. The third-order valence-corrected chi connectivity index (χ3v) is 4.11. The number of nitrogens with zero attached hydrogens (tertiary/aromatic N) is 1. The molecule has 0 saturated heterocycles. The number of halogens is 2. The Balaban J connectivity index is 1.78. The Hall–Kier alpha value is -2.35. The van der Waals surface area contributed by atoms with E-state index in [-0.39, 0.29) is 16.4 Å². The summed E-state index contributed by atoms with van der Waals surface area (Å²) in [4.78, 5) is 27.4. The molecule has 1 amide bonds. The van der Waals surface area contributed by atoms with Gasteiger partial charge < -0.3 is 9.72 Å². The minimum Gasteiger partial charge on any atom is -0.482 e. The van der Waals surface area contributed by atoms with Gasteiger partial charge in [0.15, 0.2) is 11.4 Å². The van der Waals surface area contributed by atoms with E-state index in [1.54, 1.807) is 36.4 Å². The number of amides is 1. The monoisotopic (exact) mass is 395 g/mol. The smallest absolute Gasteiger partial charge is 0.281 e. The summed E-state index contributed by atoms with van der Waals surface area (Å²) in [6.45, 7) is -0.352. The topological polar surface area (TPSA) is 76.1 Å². The highest BCUT2D eigenvalue weighted by Gasteiger charge is 2.10. The van der Waals surface area contributed by atoms with Crippen LogP contribution in [0.3, 0.4) is 0 Å². The fourth-order valence-corrected chi connectivity index (χ4v) is 2.86. The number of carbonyl (C=O) groups excluding carboxylic acids is 1. The quantitative estimate of drug-likeness (QED) is 0.662. The van der Waals surface area contributed by atoms with Crippen LogP contribution in [0.1, 0.15) is 0 Å². The molecule has 0 aliphatic rings. The summed E-state index contributed by atoms with van der Waals surface area (Å²) in [7, 11) is 0.